The van der Waals surface area contributed by atoms with Crippen molar-refractivity contribution in [2.24, 2.45) is 5.92 Å². The Morgan fingerprint density at radius 1 is 1.16 bits per heavy atom. The van der Waals surface area contributed by atoms with Gasteiger partial charge < -0.3 is 5.11 Å². The molecule has 0 amide bonds. The maximum Gasteiger partial charge on any atom is 0.0624 e. The predicted molar refractivity (Wildman–Crippen MR) is 80.3 cm³/mol. The Bertz CT molecular complexity index is 354. The maximum atomic E-state index is 10.5. The van der Waals surface area contributed by atoms with Gasteiger partial charge in [-0.05, 0) is 38.2 Å². The van der Waals surface area contributed by atoms with Crippen LogP contribution in [0.15, 0.2) is 6.07 Å². The Hall–Kier alpha value is -0.830. The van der Waals surface area contributed by atoms with Crippen LogP contribution in [0.25, 0.3) is 0 Å². The lowest BCUT2D eigenvalue weighted by Crippen LogP contribution is -2.24. The van der Waals surface area contributed by atoms with Crippen molar-refractivity contribution in [2.75, 3.05) is 0 Å². The number of rotatable bonds is 9. The molecule has 0 radical (unpaired) electrons. The van der Waals surface area contributed by atoms with Crippen molar-refractivity contribution in [3.05, 3.63) is 17.5 Å². The van der Waals surface area contributed by atoms with Crippen LogP contribution in [-0.4, -0.2) is 21.0 Å². The third kappa shape index (κ3) is 4.64. The number of nitrogens with zero attached hydrogens (tertiary/aromatic N) is 2. The van der Waals surface area contributed by atoms with Crippen molar-refractivity contribution in [1.29, 1.82) is 0 Å². The average molecular weight is 266 g/mol. The average Bonchev–Trinajstić information content (AvgIpc) is 2.80. The fourth-order valence-corrected chi connectivity index (χ4v) is 2.78. The molecule has 0 spiro atoms. The molecule has 0 aromatic carbocycles. The summed E-state index contributed by atoms with van der Waals surface area (Å²) >= 11 is 0. The van der Waals surface area contributed by atoms with E-state index >= 15 is 0 Å². The van der Waals surface area contributed by atoms with E-state index in [1.165, 1.54) is 5.69 Å². The Balaban J connectivity index is 2.72. The van der Waals surface area contributed by atoms with E-state index < -0.39 is 0 Å². The minimum Gasteiger partial charge on any atom is -0.392 e. The topological polar surface area (TPSA) is 38.1 Å². The van der Waals surface area contributed by atoms with E-state index in [2.05, 4.69) is 38.9 Å². The molecule has 0 aliphatic rings. The Kier molecular flexibility index (Phi) is 7.14. The second kappa shape index (κ2) is 8.36. The molecular formula is C16H30N2O. The van der Waals surface area contributed by atoms with Gasteiger partial charge in [0, 0.05) is 18.7 Å². The van der Waals surface area contributed by atoms with Crippen LogP contribution in [0, 0.1) is 5.92 Å². The highest BCUT2D eigenvalue weighted by atomic mass is 16.3. The van der Waals surface area contributed by atoms with Gasteiger partial charge in [0.05, 0.1) is 11.8 Å². The number of hydrogen-bond acceptors (Lipinski definition) is 2. The molecule has 0 aliphatic carbocycles. The lowest BCUT2D eigenvalue weighted by molar-refractivity contribution is 0.0943. The minimum absolute atomic E-state index is 0.230. The van der Waals surface area contributed by atoms with E-state index in [9.17, 15) is 5.11 Å². The number of hydrogen-bond donors (Lipinski definition) is 1. The van der Waals surface area contributed by atoms with Crippen molar-refractivity contribution in [1.82, 2.24) is 9.78 Å². The third-order valence-corrected chi connectivity index (χ3v) is 3.86. The molecule has 1 atom stereocenters. The summed E-state index contributed by atoms with van der Waals surface area (Å²) < 4.78 is 2.04. The van der Waals surface area contributed by atoms with Crippen LogP contribution in [-0.2, 0) is 19.4 Å². The molecule has 1 aromatic rings. The second-order valence-corrected chi connectivity index (χ2v) is 5.41. The molecule has 0 bridgehead atoms. The Morgan fingerprint density at radius 3 is 2.26 bits per heavy atom. The molecule has 0 aliphatic heterocycles. The summed E-state index contributed by atoms with van der Waals surface area (Å²) in [7, 11) is 0. The molecule has 3 heteroatoms. The summed E-state index contributed by atoms with van der Waals surface area (Å²) in [6, 6.07) is 2.15. The summed E-state index contributed by atoms with van der Waals surface area (Å²) in [6.45, 7) is 9.51. The Labute approximate surface area is 118 Å². The van der Waals surface area contributed by atoms with Crippen LogP contribution in [0.5, 0.6) is 0 Å². The van der Waals surface area contributed by atoms with E-state index in [0.717, 1.165) is 50.8 Å². The van der Waals surface area contributed by atoms with Gasteiger partial charge in [-0.3, -0.25) is 4.68 Å². The van der Waals surface area contributed by atoms with Crippen molar-refractivity contribution < 1.29 is 5.11 Å². The summed E-state index contributed by atoms with van der Waals surface area (Å²) in [5.41, 5.74) is 2.32. The van der Waals surface area contributed by atoms with Crippen LogP contribution >= 0.6 is 0 Å². The zero-order chi connectivity index (χ0) is 14.3. The quantitative estimate of drug-likeness (QED) is 0.742. The Morgan fingerprint density at radius 2 is 1.79 bits per heavy atom. The molecule has 0 saturated carbocycles. The first-order chi connectivity index (χ1) is 9.15. The van der Waals surface area contributed by atoms with Crippen LogP contribution in [0.3, 0.4) is 0 Å². The van der Waals surface area contributed by atoms with Gasteiger partial charge in [0.1, 0.15) is 0 Å². The van der Waals surface area contributed by atoms with E-state index in [0.29, 0.717) is 5.92 Å². The number of aliphatic hydroxyl groups is 1. The fourth-order valence-electron chi connectivity index (χ4n) is 2.78. The van der Waals surface area contributed by atoms with Crippen LogP contribution in [0.4, 0.5) is 0 Å². The zero-order valence-corrected chi connectivity index (χ0v) is 13.0. The number of aliphatic hydroxyl groups excluding tert-OH is 1. The van der Waals surface area contributed by atoms with Crippen LogP contribution in [0.2, 0.25) is 0 Å². The maximum absolute atomic E-state index is 10.5. The molecule has 1 unspecified atom stereocenters. The molecule has 19 heavy (non-hydrogen) atoms. The minimum atomic E-state index is -0.230. The third-order valence-electron chi connectivity index (χ3n) is 3.86. The van der Waals surface area contributed by atoms with Crippen molar-refractivity contribution in [2.45, 2.75) is 78.9 Å². The first kappa shape index (κ1) is 16.2. The number of aromatic nitrogens is 2. The highest BCUT2D eigenvalue weighted by Crippen LogP contribution is 2.21. The van der Waals surface area contributed by atoms with Gasteiger partial charge in [0.25, 0.3) is 0 Å². The van der Waals surface area contributed by atoms with E-state index in [4.69, 9.17) is 0 Å². The van der Waals surface area contributed by atoms with Gasteiger partial charge in [0.15, 0.2) is 0 Å². The first-order valence-corrected chi connectivity index (χ1v) is 7.89. The molecule has 1 N–H and O–H groups in total. The van der Waals surface area contributed by atoms with Crippen LogP contribution < -0.4 is 0 Å². The molecule has 110 valence electrons. The molecule has 0 fully saturated rings. The fraction of sp³-hybridized carbons (Fsp3) is 0.812. The molecule has 1 rings (SSSR count). The molecule has 1 aromatic heterocycles. The van der Waals surface area contributed by atoms with E-state index in [1.54, 1.807) is 0 Å². The molecule has 1 heterocycles. The highest BCUT2D eigenvalue weighted by molar-refractivity contribution is 5.11. The number of aryl methyl sites for hydroxylation is 2. The summed E-state index contributed by atoms with van der Waals surface area (Å²) in [5, 5.41) is 15.0. The largest absolute Gasteiger partial charge is 0.392 e. The smallest absolute Gasteiger partial charge is 0.0624 e. The van der Waals surface area contributed by atoms with E-state index in [1.807, 2.05) is 4.68 Å². The van der Waals surface area contributed by atoms with Crippen LogP contribution in [0.1, 0.15) is 64.8 Å². The predicted octanol–water partition coefficient (Wildman–Crippen LogP) is 3.59. The van der Waals surface area contributed by atoms with Gasteiger partial charge in [0.2, 0.25) is 0 Å². The normalized spacial score (nSPS) is 13.2. The molecule has 3 nitrogen and oxygen atoms in total. The highest BCUT2D eigenvalue weighted by Gasteiger charge is 2.20. The van der Waals surface area contributed by atoms with Gasteiger partial charge >= 0.3 is 0 Å². The monoisotopic (exact) mass is 266 g/mol. The second-order valence-electron chi connectivity index (χ2n) is 5.41. The van der Waals surface area contributed by atoms with Gasteiger partial charge in [-0.1, -0.05) is 33.6 Å². The van der Waals surface area contributed by atoms with Gasteiger partial charge in [-0.25, -0.2) is 0 Å². The summed E-state index contributed by atoms with van der Waals surface area (Å²) in [6.07, 6.45) is 6.01. The van der Waals surface area contributed by atoms with Crippen molar-refractivity contribution in [3.8, 4) is 0 Å². The summed E-state index contributed by atoms with van der Waals surface area (Å²) in [4.78, 5) is 0. The first-order valence-electron chi connectivity index (χ1n) is 7.89. The van der Waals surface area contributed by atoms with E-state index in [-0.39, 0.29) is 6.10 Å². The summed E-state index contributed by atoms with van der Waals surface area (Å²) in [5.74, 6) is 0.431. The lowest BCUT2D eigenvalue weighted by Gasteiger charge is -2.22. The van der Waals surface area contributed by atoms with Gasteiger partial charge in [-0.15, -0.1) is 0 Å². The van der Waals surface area contributed by atoms with Crippen molar-refractivity contribution in [3.63, 3.8) is 0 Å². The SMILES string of the molecule is CCCC(CCC)C(O)Cc1cc(CC)nn1CC. The van der Waals surface area contributed by atoms with Gasteiger partial charge in [-0.2, -0.15) is 5.10 Å². The lowest BCUT2D eigenvalue weighted by atomic mass is 9.90. The molecule has 0 saturated heterocycles. The molecular weight excluding hydrogens is 236 g/mol. The standard InChI is InChI=1S/C16H30N2O/c1-5-9-13(10-6-2)16(19)12-15-11-14(7-3)17-18(15)8-4/h11,13,16,19H,5-10,12H2,1-4H3. The van der Waals surface area contributed by atoms with Crippen molar-refractivity contribution >= 4 is 0 Å². The zero-order valence-electron chi connectivity index (χ0n) is 13.0.